The van der Waals surface area contributed by atoms with E-state index in [-0.39, 0.29) is 0 Å². The van der Waals surface area contributed by atoms with Crippen molar-refractivity contribution in [3.63, 3.8) is 0 Å². The lowest BCUT2D eigenvalue weighted by Crippen LogP contribution is -2.36. The standard InChI is InChI=1S/C18H24N4O/c1-3-19-18(22-13-17-6-4-5-11-20-17)21-12-15-7-9-16(10-8-15)14-23-2/h4-11H,3,12-14H2,1-2H3,(H2,19,21,22). The predicted octanol–water partition coefficient (Wildman–Crippen LogP) is 2.48. The summed E-state index contributed by atoms with van der Waals surface area (Å²) in [5.74, 6) is 0.791. The van der Waals surface area contributed by atoms with Gasteiger partial charge in [0.25, 0.3) is 0 Å². The number of nitrogens with one attached hydrogen (secondary N) is 2. The molecular weight excluding hydrogens is 288 g/mol. The van der Waals surface area contributed by atoms with Gasteiger partial charge in [0.2, 0.25) is 0 Å². The van der Waals surface area contributed by atoms with Gasteiger partial charge in [-0.1, -0.05) is 30.3 Å². The summed E-state index contributed by atoms with van der Waals surface area (Å²) in [5, 5.41) is 6.54. The van der Waals surface area contributed by atoms with Crippen LogP contribution < -0.4 is 10.6 Å². The maximum Gasteiger partial charge on any atom is 0.191 e. The van der Waals surface area contributed by atoms with E-state index in [1.807, 2.05) is 18.2 Å². The van der Waals surface area contributed by atoms with Gasteiger partial charge in [-0.2, -0.15) is 0 Å². The number of pyridine rings is 1. The van der Waals surface area contributed by atoms with Crippen molar-refractivity contribution < 1.29 is 4.74 Å². The van der Waals surface area contributed by atoms with Crippen molar-refractivity contribution in [2.75, 3.05) is 13.7 Å². The maximum atomic E-state index is 5.12. The van der Waals surface area contributed by atoms with Crippen LogP contribution in [0.2, 0.25) is 0 Å². The zero-order valence-electron chi connectivity index (χ0n) is 13.7. The minimum atomic E-state index is 0.630. The van der Waals surface area contributed by atoms with Crippen molar-refractivity contribution in [2.45, 2.75) is 26.6 Å². The van der Waals surface area contributed by atoms with Crippen LogP contribution in [-0.4, -0.2) is 24.6 Å². The second-order valence-electron chi connectivity index (χ2n) is 5.12. The van der Waals surface area contributed by atoms with Crippen LogP contribution in [0.1, 0.15) is 23.7 Å². The Morgan fingerprint density at radius 2 is 1.87 bits per heavy atom. The van der Waals surface area contributed by atoms with Gasteiger partial charge in [-0.3, -0.25) is 4.98 Å². The first-order valence-corrected chi connectivity index (χ1v) is 7.80. The second-order valence-corrected chi connectivity index (χ2v) is 5.12. The summed E-state index contributed by atoms with van der Waals surface area (Å²) in [7, 11) is 1.70. The molecule has 0 amide bonds. The molecule has 0 saturated heterocycles. The van der Waals surface area contributed by atoms with Gasteiger partial charge in [0.05, 0.1) is 25.4 Å². The largest absolute Gasteiger partial charge is 0.380 e. The third-order valence-electron chi connectivity index (χ3n) is 3.26. The highest BCUT2D eigenvalue weighted by Crippen LogP contribution is 2.06. The van der Waals surface area contributed by atoms with Crippen molar-refractivity contribution in [1.29, 1.82) is 0 Å². The second kappa shape index (κ2) is 9.58. The molecule has 0 radical (unpaired) electrons. The van der Waals surface area contributed by atoms with E-state index in [4.69, 9.17) is 4.74 Å². The van der Waals surface area contributed by atoms with Crippen LogP contribution in [0.15, 0.2) is 53.7 Å². The Morgan fingerprint density at radius 3 is 2.52 bits per heavy atom. The fourth-order valence-electron chi connectivity index (χ4n) is 2.10. The molecule has 5 heteroatoms. The monoisotopic (exact) mass is 312 g/mol. The van der Waals surface area contributed by atoms with Gasteiger partial charge in [-0.15, -0.1) is 0 Å². The quantitative estimate of drug-likeness (QED) is 0.609. The Kier molecular flexibility index (Phi) is 7.07. The first-order chi connectivity index (χ1) is 11.3. The third kappa shape index (κ3) is 6.08. The molecular formula is C18H24N4O. The number of hydrogen-bond acceptors (Lipinski definition) is 3. The lowest BCUT2D eigenvalue weighted by molar-refractivity contribution is 0.185. The molecule has 0 fully saturated rings. The SMILES string of the molecule is CCNC(=NCc1ccc(COC)cc1)NCc1ccccn1. The summed E-state index contributed by atoms with van der Waals surface area (Å²) in [5.41, 5.74) is 3.32. The topological polar surface area (TPSA) is 58.5 Å². The Bertz CT molecular complexity index is 596. The Balaban J connectivity index is 1.92. The molecule has 1 aromatic carbocycles. The molecule has 1 aromatic heterocycles. The fourth-order valence-corrected chi connectivity index (χ4v) is 2.10. The third-order valence-corrected chi connectivity index (χ3v) is 3.26. The lowest BCUT2D eigenvalue weighted by Gasteiger charge is -2.11. The van der Waals surface area contributed by atoms with Gasteiger partial charge in [-0.25, -0.2) is 4.99 Å². The number of aromatic nitrogens is 1. The molecule has 0 aliphatic heterocycles. The molecule has 5 nitrogen and oxygen atoms in total. The van der Waals surface area contributed by atoms with Crippen molar-refractivity contribution in [1.82, 2.24) is 15.6 Å². The number of guanidine groups is 1. The van der Waals surface area contributed by atoms with E-state index in [2.05, 4.69) is 51.8 Å². The lowest BCUT2D eigenvalue weighted by atomic mass is 10.1. The summed E-state index contributed by atoms with van der Waals surface area (Å²) in [6.07, 6.45) is 1.79. The van der Waals surface area contributed by atoms with E-state index in [9.17, 15) is 0 Å². The van der Waals surface area contributed by atoms with E-state index in [0.29, 0.717) is 19.7 Å². The van der Waals surface area contributed by atoms with Crippen LogP contribution in [0.25, 0.3) is 0 Å². The molecule has 23 heavy (non-hydrogen) atoms. The smallest absolute Gasteiger partial charge is 0.191 e. The highest BCUT2D eigenvalue weighted by atomic mass is 16.5. The molecule has 0 spiro atoms. The van der Waals surface area contributed by atoms with Crippen LogP contribution in [0, 0.1) is 0 Å². The molecule has 0 saturated carbocycles. The van der Waals surface area contributed by atoms with Gasteiger partial charge in [0, 0.05) is 19.9 Å². The molecule has 2 rings (SSSR count). The molecule has 0 unspecified atom stereocenters. The van der Waals surface area contributed by atoms with Crippen molar-refractivity contribution in [3.05, 3.63) is 65.5 Å². The number of rotatable bonds is 7. The summed E-state index contributed by atoms with van der Waals surface area (Å²) in [6, 6.07) is 14.2. The van der Waals surface area contributed by atoms with Crippen molar-refractivity contribution in [3.8, 4) is 0 Å². The minimum Gasteiger partial charge on any atom is -0.380 e. The van der Waals surface area contributed by atoms with Crippen LogP contribution in [0.3, 0.4) is 0 Å². The number of hydrogen-bond donors (Lipinski definition) is 2. The normalized spacial score (nSPS) is 11.3. The summed E-state index contributed by atoms with van der Waals surface area (Å²) in [6.45, 7) is 4.79. The van der Waals surface area contributed by atoms with Crippen LogP contribution in [0.4, 0.5) is 0 Å². The number of methoxy groups -OCH3 is 1. The molecule has 2 aromatic rings. The molecule has 0 aliphatic rings. The van der Waals surface area contributed by atoms with Gasteiger partial charge in [0.15, 0.2) is 5.96 Å². The van der Waals surface area contributed by atoms with E-state index in [1.54, 1.807) is 13.3 Å². The predicted molar refractivity (Wildman–Crippen MR) is 93.0 cm³/mol. The van der Waals surface area contributed by atoms with E-state index in [0.717, 1.165) is 18.2 Å². The summed E-state index contributed by atoms with van der Waals surface area (Å²) in [4.78, 5) is 8.91. The minimum absolute atomic E-state index is 0.630. The number of benzene rings is 1. The van der Waals surface area contributed by atoms with E-state index in [1.165, 1.54) is 11.1 Å². The first kappa shape index (κ1) is 17.0. The van der Waals surface area contributed by atoms with E-state index < -0.39 is 0 Å². The van der Waals surface area contributed by atoms with Crippen LogP contribution in [0.5, 0.6) is 0 Å². The summed E-state index contributed by atoms with van der Waals surface area (Å²) < 4.78 is 5.12. The van der Waals surface area contributed by atoms with Crippen molar-refractivity contribution in [2.24, 2.45) is 4.99 Å². The number of aliphatic imine (C=N–C) groups is 1. The summed E-state index contributed by atoms with van der Waals surface area (Å²) >= 11 is 0. The average molecular weight is 312 g/mol. The van der Waals surface area contributed by atoms with Gasteiger partial charge >= 0.3 is 0 Å². The van der Waals surface area contributed by atoms with Crippen LogP contribution in [-0.2, 0) is 24.4 Å². The van der Waals surface area contributed by atoms with Gasteiger partial charge in [0.1, 0.15) is 0 Å². The van der Waals surface area contributed by atoms with E-state index >= 15 is 0 Å². The highest BCUT2D eigenvalue weighted by molar-refractivity contribution is 5.79. The number of ether oxygens (including phenoxy) is 1. The molecule has 122 valence electrons. The molecule has 0 atom stereocenters. The molecule has 2 N–H and O–H groups in total. The average Bonchev–Trinajstić information content (AvgIpc) is 2.60. The molecule has 0 aliphatic carbocycles. The molecule has 0 bridgehead atoms. The molecule has 1 heterocycles. The Hall–Kier alpha value is -2.40. The van der Waals surface area contributed by atoms with Crippen LogP contribution >= 0.6 is 0 Å². The first-order valence-electron chi connectivity index (χ1n) is 7.80. The fraction of sp³-hybridized carbons (Fsp3) is 0.333. The van der Waals surface area contributed by atoms with Gasteiger partial charge < -0.3 is 15.4 Å². The Labute approximate surface area is 137 Å². The maximum absolute atomic E-state index is 5.12. The zero-order valence-corrected chi connectivity index (χ0v) is 13.7. The number of nitrogens with zero attached hydrogens (tertiary/aromatic N) is 2. The Morgan fingerprint density at radius 1 is 1.09 bits per heavy atom. The van der Waals surface area contributed by atoms with Crippen molar-refractivity contribution >= 4 is 5.96 Å². The zero-order chi connectivity index (χ0) is 16.3. The highest BCUT2D eigenvalue weighted by Gasteiger charge is 1.99. The van der Waals surface area contributed by atoms with Gasteiger partial charge in [-0.05, 0) is 30.2 Å².